The van der Waals surface area contributed by atoms with Crippen LogP contribution in [0, 0.1) is 0 Å². The highest BCUT2D eigenvalue weighted by molar-refractivity contribution is 5.70. The van der Waals surface area contributed by atoms with Gasteiger partial charge in [-0.25, -0.2) is 0 Å². The van der Waals surface area contributed by atoms with Crippen molar-refractivity contribution >= 4 is 12.0 Å². The number of carbonyl (C=O) groups is 1. The minimum Gasteiger partial charge on any atom is -0.466 e. The van der Waals surface area contributed by atoms with Gasteiger partial charge in [0.05, 0.1) is 6.61 Å². The lowest BCUT2D eigenvalue weighted by Crippen LogP contribution is -2.07. The highest BCUT2D eigenvalue weighted by Gasteiger charge is 2.17. The number of hydrogen-bond acceptors (Lipinski definition) is 2. The Labute approximate surface area is 121 Å². The molecule has 1 aromatic rings. The van der Waals surface area contributed by atoms with Crippen LogP contribution in [0.2, 0.25) is 0 Å². The van der Waals surface area contributed by atoms with E-state index < -0.39 is 0 Å². The standard InChI is InChI=1S/C18H24O2/c1-2-3-4-7-14-20-18(19)13-12-16-11-10-15-8-5-6-9-17(15)16/h5-6,8-11,16H,2-4,7,12-14H2,1H3. The number of carbonyl (C=O) groups excluding carboxylic acids is 1. The molecule has 0 heterocycles. The third-order valence-corrected chi connectivity index (χ3v) is 3.82. The van der Waals surface area contributed by atoms with Crippen LogP contribution in [0.1, 0.15) is 62.5 Å². The molecule has 1 aliphatic carbocycles. The topological polar surface area (TPSA) is 26.3 Å². The van der Waals surface area contributed by atoms with Gasteiger partial charge in [0.2, 0.25) is 0 Å². The molecule has 0 fully saturated rings. The number of fused-ring (bicyclic) bond motifs is 1. The second kappa shape index (κ2) is 7.88. The molecule has 1 aliphatic rings. The Bertz CT molecular complexity index is 462. The Morgan fingerprint density at radius 3 is 2.90 bits per heavy atom. The summed E-state index contributed by atoms with van der Waals surface area (Å²) in [7, 11) is 0. The average molecular weight is 272 g/mol. The summed E-state index contributed by atoms with van der Waals surface area (Å²) in [5.41, 5.74) is 2.62. The van der Waals surface area contributed by atoms with Crippen LogP contribution in [0.25, 0.3) is 6.08 Å². The van der Waals surface area contributed by atoms with Gasteiger partial charge in [0.1, 0.15) is 0 Å². The number of unbranched alkanes of at least 4 members (excludes halogenated alkanes) is 3. The molecule has 2 heteroatoms. The molecule has 2 rings (SSSR count). The molecular formula is C18H24O2. The van der Waals surface area contributed by atoms with E-state index >= 15 is 0 Å². The van der Waals surface area contributed by atoms with Crippen LogP contribution in [0.15, 0.2) is 30.3 Å². The van der Waals surface area contributed by atoms with Crippen LogP contribution >= 0.6 is 0 Å². The van der Waals surface area contributed by atoms with Gasteiger partial charge in [-0.3, -0.25) is 4.79 Å². The number of benzene rings is 1. The van der Waals surface area contributed by atoms with Crippen molar-refractivity contribution in [2.24, 2.45) is 0 Å². The van der Waals surface area contributed by atoms with Crippen molar-refractivity contribution in [3.8, 4) is 0 Å². The second-order valence-electron chi connectivity index (χ2n) is 5.41. The molecule has 0 radical (unpaired) electrons. The average Bonchev–Trinajstić information content (AvgIpc) is 2.88. The van der Waals surface area contributed by atoms with Gasteiger partial charge in [0.15, 0.2) is 0 Å². The van der Waals surface area contributed by atoms with E-state index in [1.54, 1.807) is 0 Å². The third-order valence-electron chi connectivity index (χ3n) is 3.82. The molecule has 0 amide bonds. The number of esters is 1. The normalized spacial score (nSPS) is 16.1. The quantitative estimate of drug-likeness (QED) is 0.506. The molecule has 0 spiro atoms. The zero-order valence-electron chi connectivity index (χ0n) is 12.3. The first-order chi connectivity index (χ1) is 9.81. The van der Waals surface area contributed by atoms with E-state index in [1.807, 2.05) is 0 Å². The molecule has 1 atom stereocenters. The Balaban J connectivity index is 1.66. The van der Waals surface area contributed by atoms with Crippen molar-refractivity contribution in [2.75, 3.05) is 6.61 Å². The van der Waals surface area contributed by atoms with Gasteiger partial charge in [0, 0.05) is 12.3 Å². The minimum atomic E-state index is -0.0562. The second-order valence-corrected chi connectivity index (χ2v) is 5.41. The highest BCUT2D eigenvalue weighted by atomic mass is 16.5. The molecule has 20 heavy (non-hydrogen) atoms. The van der Waals surface area contributed by atoms with Crippen molar-refractivity contribution < 1.29 is 9.53 Å². The van der Waals surface area contributed by atoms with E-state index in [9.17, 15) is 4.79 Å². The maximum atomic E-state index is 11.7. The Hall–Kier alpha value is -1.57. The molecule has 1 aromatic carbocycles. The number of ether oxygens (including phenoxy) is 1. The predicted octanol–water partition coefficient (Wildman–Crippen LogP) is 4.70. The Morgan fingerprint density at radius 1 is 1.20 bits per heavy atom. The number of hydrogen-bond donors (Lipinski definition) is 0. The van der Waals surface area contributed by atoms with E-state index in [1.165, 1.54) is 24.0 Å². The first-order valence-corrected chi connectivity index (χ1v) is 7.74. The minimum absolute atomic E-state index is 0.0562. The summed E-state index contributed by atoms with van der Waals surface area (Å²) in [6.45, 7) is 2.76. The van der Waals surface area contributed by atoms with E-state index in [-0.39, 0.29) is 5.97 Å². The summed E-state index contributed by atoms with van der Waals surface area (Å²) in [5.74, 6) is 0.318. The van der Waals surface area contributed by atoms with E-state index in [4.69, 9.17) is 4.74 Å². The summed E-state index contributed by atoms with van der Waals surface area (Å²) in [6, 6.07) is 8.38. The molecule has 0 saturated heterocycles. The Morgan fingerprint density at radius 2 is 2.05 bits per heavy atom. The first-order valence-electron chi connectivity index (χ1n) is 7.74. The molecule has 0 bridgehead atoms. The van der Waals surface area contributed by atoms with Crippen molar-refractivity contribution in [2.45, 2.75) is 51.4 Å². The van der Waals surface area contributed by atoms with Crippen LogP contribution in [0.3, 0.4) is 0 Å². The maximum Gasteiger partial charge on any atom is 0.305 e. The van der Waals surface area contributed by atoms with Crippen LogP contribution in [0.4, 0.5) is 0 Å². The molecule has 1 unspecified atom stereocenters. The summed E-state index contributed by atoms with van der Waals surface area (Å²) in [6.07, 6.45) is 10.3. The summed E-state index contributed by atoms with van der Waals surface area (Å²) in [5, 5.41) is 0. The lowest BCUT2D eigenvalue weighted by molar-refractivity contribution is -0.143. The van der Waals surface area contributed by atoms with E-state index in [2.05, 4.69) is 43.3 Å². The number of rotatable bonds is 8. The fourth-order valence-corrected chi connectivity index (χ4v) is 2.64. The van der Waals surface area contributed by atoms with Gasteiger partial charge in [-0.1, -0.05) is 62.6 Å². The zero-order chi connectivity index (χ0) is 14.2. The molecule has 0 aliphatic heterocycles. The largest absolute Gasteiger partial charge is 0.466 e. The van der Waals surface area contributed by atoms with Crippen molar-refractivity contribution in [1.29, 1.82) is 0 Å². The molecule has 0 N–H and O–H groups in total. The highest BCUT2D eigenvalue weighted by Crippen LogP contribution is 2.32. The van der Waals surface area contributed by atoms with E-state index in [0.29, 0.717) is 18.9 Å². The van der Waals surface area contributed by atoms with Crippen LogP contribution in [-0.2, 0) is 9.53 Å². The molecule has 108 valence electrons. The summed E-state index contributed by atoms with van der Waals surface area (Å²) < 4.78 is 5.27. The fourth-order valence-electron chi connectivity index (χ4n) is 2.64. The summed E-state index contributed by atoms with van der Waals surface area (Å²) in [4.78, 5) is 11.7. The smallest absolute Gasteiger partial charge is 0.305 e. The molecule has 0 aromatic heterocycles. The SMILES string of the molecule is CCCCCCOC(=O)CCC1C=Cc2ccccc21. The summed E-state index contributed by atoms with van der Waals surface area (Å²) >= 11 is 0. The molecule has 0 saturated carbocycles. The van der Waals surface area contributed by atoms with Crippen molar-refractivity contribution in [3.63, 3.8) is 0 Å². The van der Waals surface area contributed by atoms with Crippen LogP contribution < -0.4 is 0 Å². The van der Waals surface area contributed by atoms with Crippen molar-refractivity contribution in [3.05, 3.63) is 41.5 Å². The van der Waals surface area contributed by atoms with Gasteiger partial charge in [0.25, 0.3) is 0 Å². The first kappa shape index (κ1) is 14.8. The third kappa shape index (κ3) is 4.22. The lowest BCUT2D eigenvalue weighted by Gasteiger charge is -2.10. The van der Waals surface area contributed by atoms with Gasteiger partial charge >= 0.3 is 5.97 Å². The monoisotopic (exact) mass is 272 g/mol. The number of allylic oxidation sites excluding steroid dienone is 1. The van der Waals surface area contributed by atoms with Crippen LogP contribution in [-0.4, -0.2) is 12.6 Å². The van der Waals surface area contributed by atoms with Gasteiger partial charge in [-0.15, -0.1) is 0 Å². The maximum absolute atomic E-state index is 11.7. The molecule has 2 nitrogen and oxygen atoms in total. The van der Waals surface area contributed by atoms with Crippen molar-refractivity contribution in [1.82, 2.24) is 0 Å². The zero-order valence-corrected chi connectivity index (χ0v) is 12.3. The van der Waals surface area contributed by atoms with Crippen LogP contribution in [0.5, 0.6) is 0 Å². The molecular weight excluding hydrogens is 248 g/mol. The van der Waals surface area contributed by atoms with Gasteiger partial charge in [-0.2, -0.15) is 0 Å². The lowest BCUT2D eigenvalue weighted by atomic mass is 9.96. The van der Waals surface area contributed by atoms with Gasteiger partial charge < -0.3 is 4.74 Å². The fraction of sp³-hybridized carbons (Fsp3) is 0.500. The Kier molecular flexibility index (Phi) is 5.85. The predicted molar refractivity (Wildman–Crippen MR) is 82.6 cm³/mol. The van der Waals surface area contributed by atoms with E-state index in [0.717, 1.165) is 19.3 Å². The van der Waals surface area contributed by atoms with Gasteiger partial charge in [-0.05, 0) is 24.0 Å².